The molecule has 0 fully saturated rings. The molecule has 10 heteroatoms. The smallest absolute Gasteiger partial charge is 0.278 e. The molecule has 3 rings (SSSR count). The van der Waals surface area contributed by atoms with Crippen molar-refractivity contribution >= 4 is 22.8 Å². The molecular formula is C20H19N4O6-. The summed E-state index contributed by atoms with van der Waals surface area (Å²) in [6.45, 7) is -0.423. The molecule has 0 aliphatic carbocycles. The maximum Gasteiger partial charge on any atom is 0.278 e. The predicted octanol–water partition coefficient (Wildman–Crippen LogP) is -0.194. The highest BCUT2D eigenvalue weighted by Crippen LogP contribution is 2.30. The Morgan fingerprint density at radius 1 is 1.13 bits per heavy atom. The van der Waals surface area contributed by atoms with Crippen LogP contribution in [-0.2, 0) is 16.1 Å². The number of methoxy groups -OCH3 is 2. The number of aromatic nitrogens is 3. The highest BCUT2D eigenvalue weighted by molar-refractivity contribution is 5.79. The first-order valence-electron chi connectivity index (χ1n) is 8.96. The SMILES string of the molecule is COc1ccc([C@@H](CC(=O)[O-])NC(=O)Cn2nnc3ccccc3c2=O)cc1OC. The maximum atomic E-state index is 12.5. The van der Waals surface area contributed by atoms with Gasteiger partial charge in [-0.2, -0.15) is 0 Å². The lowest BCUT2D eigenvalue weighted by atomic mass is 10.0. The van der Waals surface area contributed by atoms with Crippen molar-refractivity contribution in [1.82, 2.24) is 20.3 Å². The van der Waals surface area contributed by atoms with Crippen LogP contribution in [-0.4, -0.2) is 41.1 Å². The van der Waals surface area contributed by atoms with E-state index in [1.165, 1.54) is 14.2 Å². The largest absolute Gasteiger partial charge is 0.550 e. The van der Waals surface area contributed by atoms with Crippen molar-refractivity contribution in [2.24, 2.45) is 0 Å². The molecule has 1 aromatic heterocycles. The zero-order valence-corrected chi connectivity index (χ0v) is 16.3. The van der Waals surface area contributed by atoms with E-state index < -0.39 is 36.4 Å². The maximum absolute atomic E-state index is 12.5. The van der Waals surface area contributed by atoms with Crippen molar-refractivity contribution in [3.8, 4) is 11.5 Å². The van der Waals surface area contributed by atoms with Crippen LogP contribution < -0.4 is 25.5 Å². The van der Waals surface area contributed by atoms with Crippen molar-refractivity contribution in [3.05, 3.63) is 58.4 Å². The number of amides is 1. The second-order valence-corrected chi connectivity index (χ2v) is 6.38. The second kappa shape index (κ2) is 9.03. The van der Waals surface area contributed by atoms with Gasteiger partial charge in [0, 0.05) is 12.4 Å². The Morgan fingerprint density at radius 3 is 2.57 bits per heavy atom. The highest BCUT2D eigenvalue weighted by atomic mass is 16.5. The summed E-state index contributed by atoms with van der Waals surface area (Å²) >= 11 is 0. The van der Waals surface area contributed by atoms with Crippen molar-refractivity contribution in [3.63, 3.8) is 0 Å². The molecule has 0 saturated heterocycles. The third-order valence-corrected chi connectivity index (χ3v) is 4.44. The van der Waals surface area contributed by atoms with E-state index in [1.807, 2.05) is 0 Å². The molecule has 3 aromatic rings. The number of rotatable bonds is 8. The Morgan fingerprint density at radius 2 is 1.87 bits per heavy atom. The lowest BCUT2D eigenvalue weighted by Gasteiger charge is -2.21. The number of carboxylic acids is 1. The minimum atomic E-state index is -1.35. The zero-order chi connectivity index (χ0) is 21.7. The Kier molecular flexibility index (Phi) is 6.26. The lowest BCUT2D eigenvalue weighted by Crippen LogP contribution is -2.38. The topological polar surface area (TPSA) is 135 Å². The molecule has 1 atom stereocenters. The fourth-order valence-electron chi connectivity index (χ4n) is 2.99. The van der Waals surface area contributed by atoms with E-state index in [0.29, 0.717) is 28.0 Å². The second-order valence-electron chi connectivity index (χ2n) is 6.38. The van der Waals surface area contributed by atoms with Gasteiger partial charge in [0.05, 0.1) is 25.6 Å². The van der Waals surface area contributed by atoms with Crippen LogP contribution in [0.5, 0.6) is 11.5 Å². The van der Waals surface area contributed by atoms with Crippen LogP contribution >= 0.6 is 0 Å². The molecule has 0 unspecified atom stereocenters. The van der Waals surface area contributed by atoms with Gasteiger partial charge >= 0.3 is 0 Å². The molecule has 2 aromatic carbocycles. The Bertz CT molecular complexity index is 1140. The summed E-state index contributed by atoms with van der Waals surface area (Å²) < 4.78 is 11.3. The zero-order valence-electron chi connectivity index (χ0n) is 16.3. The number of hydrogen-bond acceptors (Lipinski definition) is 8. The van der Waals surface area contributed by atoms with Crippen LogP contribution in [0.15, 0.2) is 47.3 Å². The van der Waals surface area contributed by atoms with Gasteiger partial charge in [0.15, 0.2) is 11.5 Å². The van der Waals surface area contributed by atoms with Crippen molar-refractivity contribution in [1.29, 1.82) is 0 Å². The summed E-state index contributed by atoms with van der Waals surface area (Å²) in [5, 5.41) is 21.8. The first-order valence-corrected chi connectivity index (χ1v) is 8.96. The first kappa shape index (κ1) is 20.8. The molecule has 30 heavy (non-hydrogen) atoms. The first-order chi connectivity index (χ1) is 14.4. The summed E-state index contributed by atoms with van der Waals surface area (Å²) in [5.74, 6) is -1.12. The van der Waals surface area contributed by atoms with Crippen molar-refractivity contribution < 1.29 is 24.2 Å². The molecule has 1 amide bonds. The van der Waals surface area contributed by atoms with Gasteiger partial charge in [-0.3, -0.25) is 9.59 Å². The van der Waals surface area contributed by atoms with Gasteiger partial charge in [0.25, 0.3) is 5.56 Å². The van der Waals surface area contributed by atoms with E-state index in [4.69, 9.17) is 9.47 Å². The number of carbonyl (C=O) groups excluding carboxylic acids is 2. The monoisotopic (exact) mass is 411 g/mol. The molecule has 0 saturated carbocycles. The number of fused-ring (bicyclic) bond motifs is 1. The number of carbonyl (C=O) groups is 2. The number of nitrogens with zero attached hydrogens (tertiary/aromatic N) is 3. The number of hydrogen-bond donors (Lipinski definition) is 1. The van der Waals surface area contributed by atoms with Crippen LogP contribution in [0.2, 0.25) is 0 Å². The number of nitrogens with one attached hydrogen (secondary N) is 1. The van der Waals surface area contributed by atoms with Gasteiger partial charge < -0.3 is 24.7 Å². The molecule has 0 aliphatic heterocycles. The van der Waals surface area contributed by atoms with Gasteiger partial charge in [0.2, 0.25) is 5.91 Å². The average Bonchev–Trinajstić information content (AvgIpc) is 2.74. The van der Waals surface area contributed by atoms with Crippen LogP contribution in [0.1, 0.15) is 18.0 Å². The number of carboxylic acid groups (broad SMARTS) is 1. The lowest BCUT2D eigenvalue weighted by molar-refractivity contribution is -0.306. The number of aliphatic carboxylic acids is 1. The van der Waals surface area contributed by atoms with Crippen molar-refractivity contribution in [2.75, 3.05) is 14.2 Å². The summed E-state index contributed by atoms with van der Waals surface area (Å²) in [7, 11) is 2.92. The minimum absolute atomic E-state index is 0.325. The molecule has 10 nitrogen and oxygen atoms in total. The third kappa shape index (κ3) is 4.54. The molecule has 156 valence electrons. The predicted molar refractivity (Wildman–Crippen MR) is 104 cm³/mol. The normalized spacial score (nSPS) is 11.7. The van der Waals surface area contributed by atoms with E-state index in [1.54, 1.807) is 42.5 Å². The molecule has 0 aliphatic rings. The summed E-state index contributed by atoms with van der Waals surface area (Å²) in [6, 6.07) is 10.5. The summed E-state index contributed by atoms with van der Waals surface area (Å²) in [4.78, 5) is 36.2. The van der Waals surface area contributed by atoms with Gasteiger partial charge in [-0.1, -0.05) is 23.4 Å². The molecule has 0 spiro atoms. The van der Waals surface area contributed by atoms with Gasteiger partial charge in [-0.15, -0.1) is 5.10 Å². The van der Waals surface area contributed by atoms with Gasteiger partial charge in [-0.05, 0) is 29.8 Å². The van der Waals surface area contributed by atoms with Crippen LogP contribution in [0, 0.1) is 0 Å². The van der Waals surface area contributed by atoms with E-state index in [-0.39, 0.29) is 0 Å². The van der Waals surface area contributed by atoms with E-state index >= 15 is 0 Å². The van der Waals surface area contributed by atoms with Gasteiger partial charge in [-0.25, -0.2) is 4.68 Å². The fraction of sp³-hybridized carbons (Fsp3) is 0.250. The third-order valence-electron chi connectivity index (χ3n) is 4.44. The molecular weight excluding hydrogens is 392 g/mol. The standard InChI is InChI=1S/C20H20N4O6/c1-29-16-8-7-12(9-17(16)30-2)15(10-19(26)27)21-18(25)11-24-20(28)13-5-3-4-6-14(13)22-23-24/h3-9,15H,10-11H2,1-2H3,(H,21,25)(H,26,27)/p-1/t15-/m1/s1. The Balaban J connectivity index is 1.83. The molecule has 0 bridgehead atoms. The Labute approximate surface area is 171 Å². The molecule has 1 heterocycles. The summed E-state index contributed by atoms with van der Waals surface area (Å²) in [5.41, 5.74) is 0.416. The van der Waals surface area contributed by atoms with Crippen LogP contribution in [0.25, 0.3) is 10.9 Å². The minimum Gasteiger partial charge on any atom is -0.550 e. The van der Waals surface area contributed by atoms with Crippen molar-refractivity contribution in [2.45, 2.75) is 19.0 Å². The van der Waals surface area contributed by atoms with Gasteiger partial charge in [0.1, 0.15) is 12.1 Å². The number of benzene rings is 2. The summed E-state index contributed by atoms with van der Waals surface area (Å²) in [6.07, 6.45) is -0.473. The fourth-order valence-corrected chi connectivity index (χ4v) is 2.99. The van der Waals surface area contributed by atoms with E-state index in [0.717, 1.165) is 4.68 Å². The number of ether oxygens (including phenoxy) is 2. The highest BCUT2D eigenvalue weighted by Gasteiger charge is 2.18. The molecule has 0 radical (unpaired) electrons. The van der Waals surface area contributed by atoms with E-state index in [2.05, 4.69) is 15.6 Å². The Hall–Kier alpha value is -3.95. The molecule has 1 N–H and O–H groups in total. The van der Waals surface area contributed by atoms with Crippen LogP contribution in [0.3, 0.4) is 0 Å². The average molecular weight is 411 g/mol. The van der Waals surface area contributed by atoms with Crippen LogP contribution in [0.4, 0.5) is 0 Å². The quantitative estimate of drug-likeness (QED) is 0.539. The van der Waals surface area contributed by atoms with E-state index in [9.17, 15) is 19.5 Å².